The highest BCUT2D eigenvalue weighted by molar-refractivity contribution is 6.42. The number of carbonyl (C=O) groups excluding carboxylic acids is 2. The van der Waals surface area contributed by atoms with Gasteiger partial charge in [0.05, 0.1) is 28.6 Å². The van der Waals surface area contributed by atoms with Crippen molar-refractivity contribution in [3.63, 3.8) is 0 Å². The number of amides is 2. The van der Waals surface area contributed by atoms with Crippen LogP contribution in [0.5, 0.6) is 5.75 Å². The normalized spacial score (nSPS) is 22.1. The van der Waals surface area contributed by atoms with Gasteiger partial charge in [-0.15, -0.1) is 6.58 Å². The third-order valence-corrected chi connectivity index (χ3v) is 7.20. The summed E-state index contributed by atoms with van der Waals surface area (Å²) in [6, 6.07) is 11.6. The third kappa shape index (κ3) is 5.30. The molecule has 1 heterocycles. The van der Waals surface area contributed by atoms with Crippen LogP contribution in [-0.2, 0) is 16.1 Å². The van der Waals surface area contributed by atoms with Crippen LogP contribution in [0, 0.1) is 0 Å². The molecule has 0 saturated carbocycles. The van der Waals surface area contributed by atoms with Gasteiger partial charge in [0.2, 0.25) is 11.8 Å². The first-order valence-corrected chi connectivity index (χ1v) is 12.5. The highest BCUT2D eigenvalue weighted by Crippen LogP contribution is 2.47. The van der Waals surface area contributed by atoms with Crippen molar-refractivity contribution in [1.82, 2.24) is 10.2 Å². The molecule has 7 nitrogen and oxygen atoms in total. The number of allylic oxidation sites excluding steroid dienone is 1. The predicted molar refractivity (Wildman–Crippen MR) is 138 cm³/mol. The van der Waals surface area contributed by atoms with Gasteiger partial charge in [-0.05, 0) is 36.3 Å². The summed E-state index contributed by atoms with van der Waals surface area (Å²) in [5, 5.41) is 24.2. The van der Waals surface area contributed by atoms with Crippen LogP contribution in [0.15, 0.2) is 66.8 Å². The summed E-state index contributed by atoms with van der Waals surface area (Å²) in [4.78, 5) is 28.1. The Bertz CT molecular complexity index is 1180. The summed E-state index contributed by atoms with van der Waals surface area (Å²) in [5.41, 5.74) is 1.89. The summed E-state index contributed by atoms with van der Waals surface area (Å²) in [5.74, 6) is -0.530. The predicted octanol–water partition coefficient (Wildman–Crippen LogP) is 3.61. The molecule has 190 valence electrons. The largest absolute Gasteiger partial charge is 0.486 e. The molecule has 36 heavy (non-hydrogen) atoms. The molecule has 2 aromatic rings. The molecule has 3 N–H and O–H groups in total. The monoisotopic (exact) mass is 530 g/mol. The van der Waals surface area contributed by atoms with E-state index in [2.05, 4.69) is 11.9 Å². The second-order valence-corrected chi connectivity index (χ2v) is 9.59. The second-order valence-electron chi connectivity index (χ2n) is 8.78. The molecule has 4 rings (SSSR count). The van der Waals surface area contributed by atoms with Gasteiger partial charge in [0.15, 0.2) is 0 Å². The van der Waals surface area contributed by atoms with Crippen LogP contribution in [-0.4, -0.2) is 58.3 Å². The molecule has 4 unspecified atom stereocenters. The first-order chi connectivity index (χ1) is 17.3. The van der Waals surface area contributed by atoms with E-state index in [1.165, 1.54) is 4.90 Å². The van der Waals surface area contributed by atoms with Crippen LogP contribution in [0.2, 0.25) is 10.0 Å². The molecule has 0 aromatic heterocycles. The molecule has 1 aliphatic heterocycles. The van der Waals surface area contributed by atoms with E-state index in [-0.39, 0.29) is 37.9 Å². The van der Waals surface area contributed by atoms with E-state index in [4.69, 9.17) is 27.9 Å². The van der Waals surface area contributed by atoms with E-state index in [1.807, 2.05) is 18.2 Å². The Kier molecular flexibility index (Phi) is 8.36. The standard InChI is InChI=1S/C27H28Cl2N2O5/c1-2-3-8-23(33)31(15-16-9-10-19(28)20(29)13-16)21-14-18(27(35)30-11-12-32)24-17-6-4-5-7-22(17)36-26(24)25(21)34/h2,4-7,9-10,13-14,21,24-26,32,34H,1,3,8,11-12,15H2,(H,30,35). The van der Waals surface area contributed by atoms with E-state index >= 15 is 0 Å². The lowest BCUT2D eigenvalue weighted by Crippen LogP contribution is -2.55. The number of carbonyl (C=O) groups is 2. The van der Waals surface area contributed by atoms with Gasteiger partial charge in [-0.2, -0.15) is 0 Å². The number of benzene rings is 2. The zero-order valence-electron chi connectivity index (χ0n) is 19.6. The Morgan fingerprint density at radius 3 is 2.67 bits per heavy atom. The lowest BCUT2D eigenvalue weighted by Gasteiger charge is -2.41. The number of nitrogens with one attached hydrogen (secondary N) is 1. The van der Waals surface area contributed by atoms with E-state index in [1.54, 1.807) is 36.4 Å². The molecule has 0 bridgehead atoms. The number of halogens is 2. The Morgan fingerprint density at radius 1 is 1.17 bits per heavy atom. The fourth-order valence-corrected chi connectivity index (χ4v) is 5.08. The Labute approximate surface area is 220 Å². The van der Waals surface area contributed by atoms with Crippen molar-refractivity contribution in [1.29, 1.82) is 0 Å². The Morgan fingerprint density at radius 2 is 1.94 bits per heavy atom. The molecule has 2 aliphatic rings. The first-order valence-electron chi connectivity index (χ1n) is 11.7. The molecule has 4 atom stereocenters. The van der Waals surface area contributed by atoms with Crippen LogP contribution in [0.4, 0.5) is 0 Å². The minimum absolute atomic E-state index is 0.0779. The van der Waals surface area contributed by atoms with E-state index in [9.17, 15) is 19.8 Å². The van der Waals surface area contributed by atoms with Gasteiger partial charge >= 0.3 is 0 Å². The second kappa shape index (κ2) is 11.5. The number of hydrogen-bond acceptors (Lipinski definition) is 5. The Balaban J connectivity index is 1.76. The summed E-state index contributed by atoms with van der Waals surface area (Å²) in [6.45, 7) is 3.70. The van der Waals surface area contributed by atoms with E-state index in [0.29, 0.717) is 27.8 Å². The van der Waals surface area contributed by atoms with Crippen molar-refractivity contribution >= 4 is 35.0 Å². The van der Waals surface area contributed by atoms with E-state index in [0.717, 1.165) is 11.1 Å². The number of fused-ring (bicyclic) bond motifs is 3. The van der Waals surface area contributed by atoms with Gasteiger partial charge in [0, 0.05) is 30.6 Å². The Hall–Kier alpha value is -2.84. The molecule has 1 aliphatic carbocycles. The zero-order chi connectivity index (χ0) is 25.8. The van der Waals surface area contributed by atoms with Crippen molar-refractivity contribution in [2.24, 2.45) is 0 Å². The summed E-state index contributed by atoms with van der Waals surface area (Å²) < 4.78 is 6.12. The van der Waals surface area contributed by atoms with Crippen molar-refractivity contribution < 1.29 is 24.5 Å². The van der Waals surface area contributed by atoms with Crippen molar-refractivity contribution in [2.45, 2.75) is 43.6 Å². The number of rotatable bonds is 9. The lowest BCUT2D eigenvalue weighted by molar-refractivity contribution is -0.138. The van der Waals surface area contributed by atoms with Crippen LogP contribution in [0.25, 0.3) is 0 Å². The van der Waals surface area contributed by atoms with Gasteiger partial charge in [0.25, 0.3) is 0 Å². The van der Waals surface area contributed by atoms with Gasteiger partial charge in [-0.3, -0.25) is 9.59 Å². The van der Waals surface area contributed by atoms with Crippen molar-refractivity contribution in [3.8, 4) is 5.75 Å². The minimum Gasteiger partial charge on any atom is -0.486 e. The van der Waals surface area contributed by atoms with Gasteiger partial charge in [0.1, 0.15) is 18.0 Å². The number of hydrogen-bond donors (Lipinski definition) is 3. The topological polar surface area (TPSA) is 99.1 Å². The average Bonchev–Trinajstić information content (AvgIpc) is 3.27. The quantitative estimate of drug-likeness (QED) is 0.430. The number of nitrogens with zero attached hydrogens (tertiary/aromatic N) is 1. The molecule has 0 saturated heterocycles. The molecule has 0 radical (unpaired) electrons. The average molecular weight is 531 g/mol. The number of ether oxygens (including phenoxy) is 1. The van der Waals surface area contributed by atoms with Crippen LogP contribution in [0.3, 0.4) is 0 Å². The highest BCUT2D eigenvalue weighted by Gasteiger charge is 2.50. The smallest absolute Gasteiger partial charge is 0.247 e. The van der Waals surface area contributed by atoms with Gasteiger partial charge in [-0.1, -0.05) is 53.5 Å². The molecule has 0 fully saturated rings. The van der Waals surface area contributed by atoms with Gasteiger partial charge < -0.3 is 25.2 Å². The summed E-state index contributed by atoms with van der Waals surface area (Å²) in [6.07, 6.45) is 2.07. The van der Waals surface area contributed by atoms with Crippen LogP contribution < -0.4 is 10.1 Å². The fraction of sp³-hybridized carbons (Fsp3) is 0.333. The third-order valence-electron chi connectivity index (χ3n) is 6.46. The fourth-order valence-electron chi connectivity index (χ4n) is 4.75. The maximum Gasteiger partial charge on any atom is 0.247 e. The summed E-state index contributed by atoms with van der Waals surface area (Å²) in [7, 11) is 0. The number of para-hydroxylation sites is 1. The number of aliphatic hydroxyl groups excluding tert-OH is 2. The first kappa shape index (κ1) is 26.2. The van der Waals surface area contributed by atoms with E-state index < -0.39 is 24.2 Å². The molecule has 2 amide bonds. The van der Waals surface area contributed by atoms with Crippen molar-refractivity contribution in [3.05, 3.63) is 87.9 Å². The minimum atomic E-state index is -1.10. The molecule has 0 spiro atoms. The molecular formula is C27H28Cl2N2O5. The maximum atomic E-state index is 13.4. The molecular weight excluding hydrogens is 503 g/mol. The SMILES string of the molecule is C=CCCC(=O)N(Cc1ccc(Cl)c(Cl)c1)C1C=C(C(=O)NCCO)C2c3ccccc3OC2C1O. The summed E-state index contributed by atoms with van der Waals surface area (Å²) >= 11 is 12.3. The lowest BCUT2D eigenvalue weighted by atomic mass is 9.77. The van der Waals surface area contributed by atoms with Gasteiger partial charge in [-0.25, -0.2) is 0 Å². The highest BCUT2D eigenvalue weighted by atomic mass is 35.5. The van der Waals surface area contributed by atoms with Crippen LogP contribution in [0.1, 0.15) is 29.9 Å². The molecule has 2 aromatic carbocycles. The van der Waals surface area contributed by atoms with Crippen molar-refractivity contribution in [2.75, 3.05) is 13.2 Å². The maximum absolute atomic E-state index is 13.4. The molecule has 9 heteroatoms. The van der Waals surface area contributed by atoms with Crippen LogP contribution >= 0.6 is 23.2 Å². The zero-order valence-corrected chi connectivity index (χ0v) is 21.1. The number of aliphatic hydroxyl groups is 2.